The van der Waals surface area contributed by atoms with Crippen LogP contribution in [-0.4, -0.2) is 23.0 Å². The number of fused-ring (bicyclic) bond motifs is 1. The van der Waals surface area contributed by atoms with E-state index in [2.05, 4.69) is 39.5 Å². The predicted molar refractivity (Wildman–Crippen MR) is 96.9 cm³/mol. The minimum atomic E-state index is 0.577. The number of para-hydroxylation sites is 2. The van der Waals surface area contributed by atoms with Crippen LogP contribution in [0.3, 0.4) is 0 Å². The first-order valence-electron chi connectivity index (χ1n) is 8.76. The van der Waals surface area contributed by atoms with Crippen LogP contribution < -0.4 is 5.32 Å². The van der Waals surface area contributed by atoms with E-state index in [1.807, 2.05) is 24.3 Å². The summed E-state index contributed by atoms with van der Waals surface area (Å²) in [6.45, 7) is 4.26. The van der Waals surface area contributed by atoms with Crippen molar-refractivity contribution in [1.82, 2.24) is 9.88 Å². The van der Waals surface area contributed by atoms with Crippen LogP contribution in [-0.2, 0) is 13.1 Å². The number of aromatic nitrogens is 1. The summed E-state index contributed by atoms with van der Waals surface area (Å²) >= 11 is 0. The van der Waals surface area contributed by atoms with E-state index >= 15 is 0 Å². The Hall–Kier alpha value is -2.33. The Labute approximate surface area is 142 Å². The van der Waals surface area contributed by atoms with Gasteiger partial charge in [0.05, 0.1) is 0 Å². The number of benzene rings is 2. The smallest absolute Gasteiger partial charge is 0.295 e. The number of hydrogen-bond acceptors (Lipinski definition) is 4. The molecule has 0 atom stereocenters. The zero-order valence-electron chi connectivity index (χ0n) is 13.9. The maximum Gasteiger partial charge on any atom is 0.295 e. The van der Waals surface area contributed by atoms with Gasteiger partial charge in [-0.1, -0.05) is 42.8 Å². The summed E-state index contributed by atoms with van der Waals surface area (Å²) in [5.74, 6) is 0. The van der Waals surface area contributed by atoms with Crippen LogP contribution in [0.15, 0.2) is 52.9 Å². The second-order valence-electron chi connectivity index (χ2n) is 6.49. The highest BCUT2D eigenvalue weighted by molar-refractivity contribution is 5.74. The number of likely N-dealkylation sites (tertiary alicyclic amines) is 1. The van der Waals surface area contributed by atoms with Gasteiger partial charge in [-0.3, -0.25) is 4.90 Å². The van der Waals surface area contributed by atoms with Crippen LogP contribution >= 0.6 is 0 Å². The number of hydrogen-bond donors (Lipinski definition) is 1. The topological polar surface area (TPSA) is 41.3 Å². The summed E-state index contributed by atoms with van der Waals surface area (Å²) in [6, 6.07) is 17.2. The molecule has 2 aromatic carbocycles. The van der Waals surface area contributed by atoms with Gasteiger partial charge < -0.3 is 9.73 Å². The lowest BCUT2D eigenvalue weighted by Crippen LogP contribution is -2.29. The summed E-state index contributed by atoms with van der Waals surface area (Å²) in [7, 11) is 0. The number of nitrogens with zero attached hydrogens (tertiary/aromatic N) is 2. The molecule has 4 rings (SSSR count). The molecule has 4 nitrogen and oxygen atoms in total. The van der Waals surface area contributed by atoms with Crippen molar-refractivity contribution < 1.29 is 4.42 Å². The van der Waals surface area contributed by atoms with Gasteiger partial charge in [0.25, 0.3) is 6.01 Å². The van der Waals surface area contributed by atoms with Crippen LogP contribution in [0.4, 0.5) is 6.01 Å². The fraction of sp³-hybridized carbons (Fsp3) is 0.350. The zero-order valence-corrected chi connectivity index (χ0v) is 13.9. The Kier molecular flexibility index (Phi) is 4.47. The molecule has 1 N–H and O–H groups in total. The third-order valence-corrected chi connectivity index (χ3v) is 4.62. The Bertz CT molecular complexity index is 755. The Morgan fingerprint density at radius 3 is 2.46 bits per heavy atom. The van der Waals surface area contributed by atoms with Gasteiger partial charge in [-0.05, 0) is 49.2 Å². The standard InChI is InChI=1S/C20H23N3O/c1-4-12-23(13-5-1)15-17-10-8-16(9-11-17)14-21-20-22-18-6-2-3-7-19(18)24-20/h2-3,6-11H,1,4-5,12-15H2,(H,21,22). The van der Waals surface area contributed by atoms with Gasteiger partial charge >= 0.3 is 0 Å². The third-order valence-electron chi connectivity index (χ3n) is 4.62. The minimum Gasteiger partial charge on any atom is -0.424 e. The molecule has 2 heterocycles. The van der Waals surface area contributed by atoms with Gasteiger partial charge in [0.15, 0.2) is 5.58 Å². The molecule has 4 heteroatoms. The summed E-state index contributed by atoms with van der Waals surface area (Å²) in [5.41, 5.74) is 4.33. The number of nitrogens with one attached hydrogen (secondary N) is 1. The fourth-order valence-corrected chi connectivity index (χ4v) is 3.26. The third kappa shape index (κ3) is 3.60. The SMILES string of the molecule is c1ccc2oc(NCc3ccc(CN4CCCCC4)cc3)nc2c1. The van der Waals surface area contributed by atoms with Crippen LogP contribution in [0.25, 0.3) is 11.1 Å². The zero-order chi connectivity index (χ0) is 16.2. The van der Waals surface area contributed by atoms with Crippen molar-refractivity contribution in [3.05, 3.63) is 59.7 Å². The number of rotatable bonds is 5. The minimum absolute atomic E-state index is 0.577. The van der Waals surface area contributed by atoms with Gasteiger partial charge in [-0.25, -0.2) is 0 Å². The van der Waals surface area contributed by atoms with Crippen molar-refractivity contribution >= 4 is 17.1 Å². The van der Waals surface area contributed by atoms with E-state index in [0.29, 0.717) is 6.01 Å². The van der Waals surface area contributed by atoms with Crippen molar-refractivity contribution in [2.45, 2.75) is 32.4 Å². The molecule has 0 radical (unpaired) electrons. The first-order chi connectivity index (χ1) is 11.9. The van der Waals surface area contributed by atoms with Gasteiger partial charge in [0.2, 0.25) is 0 Å². The molecule has 1 aliphatic rings. The summed E-state index contributed by atoms with van der Waals surface area (Å²) in [5, 5.41) is 3.26. The highest BCUT2D eigenvalue weighted by atomic mass is 16.4. The van der Waals surface area contributed by atoms with Crippen molar-refractivity contribution in [1.29, 1.82) is 0 Å². The van der Waals surface area contributed by atoms with Crippen LogP contribution in [0.1, 0.15) is 30.4 Å². The van der Waals surface area contributed by atoms with Crippen molar-refractivity contribution in [2.75, 3.05) is 18.4 Å². The molecule has 124 valence electrons. The predicted octanol–water partition coefficient (Wildman–Crippen LogP) is 4.43. The van der Waals surface area contributed by atoms with Gasteiger partial charge in [-0.15, -0.1) is 0 Å². The van der Waals surface area contributed by atoms with E-state index in [1.165, 1.54) is 43.5 Å². The van der Waals surface area contributed by atoms with Gasteiger partial charge in [-0.2, -0.15) is 4.98 Å². The van der Waals surface area contributed by atoms with E-state index in [9.17, 15) is 0 Å². The molecular weight excluding hydrogens is 298 g/mol. The molecule has 0 unspecified atom stereocenters. The second-order valence-corrected chi connectivity index (χ2v) is 6.49. The van der Waals surface area contributed by atoms with Crippen molar-refractivity contribution in [3.63, 3.8) is 0 Å². The van der Waals surface area contributed by atoms with Crippen LogP contribution in [0.5, 0.6) is 0 Å². The number of oxazole rings is 1. The maximum atomic E-state index is 5.69. The molecule has 1 saturated heterocycles. The lowest BCUT2D eigenvalue weighted by molar-refractivity contribution is 0.221. The summed E-state index contributed by atoms with van der Waals surface area (Å²) in [4.78, 5) is 6.99. The Balaban J connectivity index is 1.34. The summed E-state index contributed by atoms with van der Waals surface area (Å²) < 4.78 is 5.69. The van der Waals surface area contributed by atoms with E-state index in [0.717, 1.165) is 24.2 Å². The summed E-state index contributed by atoms with van der Waals surface area (Å²) in [6.07, 6.45) is 4.07. The molecule has 0 aliphatic carbocycles. The maximum absolute atomic E-state index is 5.69. The lowest BCUT2D eigenvalue weighted by Gasteiger charge is -2.26. The number of anilines is 1. The molecule has 1 aliphatic heterocycles. The molecule has 0 spiro atoms. The van der Waals surface area contributed by atoms with E-state index in [4.69, 9.17) is 4.42 Å². The highest BCUT2D eigenvalue weighted by Gasteiger charge is 2.10. The second kappa shape index (κ2) is 7.05. The average molecular weight is 321 g/mol. The Morgan fingerprint density at radius 1 is 0.917 bits per heavy atom. The van der Waals surface area contributed by atoms with Crippen LogP contribution in [0.2, 0.25) is 0 Å². The largest absolute Gasteiger partial charge is 0.424 e. The average Bonchev–Trinajstić information content (AvgIpc) is 3.05. The van der Waals surface area contributed by atoms with Gasteiger partial charge in [0.1, 0.15) is 5.52 Å². The molecule has 1 aromatic heterocycles. The number of piperidine rings is 1. The lowest BCUT2D eigenvalue weighted by atomic mass is 10.1. The van der Waals surface area contributed by atoms with E-state index in [1.54, 1.807) is 0 Å². The Morgan fingerprint density at radius 2 is 1.67 bits per heavy atom. The molecule has 0 amide bonds. The molecule has 0 bridgehead atoms. The monoisotopic (exact) mass is 321 g/mol. The normalized spacial score (nSPS) is 15.7. The van der Waals surface area contributed by atoms with E-state index in [-0.39, 0.29) is 0 Å². The van der Waals surface area contributed by atoms with Crippen LogP contribution in [0, 0.1) is 0 Å². The van der Waals surface area contributed by atoms with Crippen molar-refractivity contribution in [2.24, 2.45) is 0 Å². The fourth-order valence-electron chi connectivity index (χ4n) is 3.26. The first-order valence-corrected chi connectivity index (χ1v) is 8.76. The molecular formula is C20H23N3O. The first kappa shape index (κ1) is 15.2. The molecule has 0 saturated carbocycles. The molecule has 24 heavy (non-hydrogen) atoms. The highest BCUT2D eigenvalue weighted by Crippen LogP contribution is 2.19. The quantitative estimate of drug-likeness (QED) is 0.755. The molecule has 1 fully saturated rings. The van der Waals surface area contributed by atoms with Crippen molar-refractivity contribution in [3.8, 4) is 0 Å². The van der Waals surface area contributed by atoms with E-state index < -0.39 is 0 Å². The molecule has 3 aromatic rings. The van der Waals surface area contributed by atoms with Gasteiger partial charge in [0, 0.05) is 13.1 Å².